The summed E-state index contributed by atoms with van der Waals surface area (Å²) >= 11 is 0. The van der Waals surface area contributed by atoms with Gasteiger partial charge >= 0.3 is 119 Å². The van der Waals surface area contributed by atoms with Gasteiger partial charge in [0.15, 0.2) is 0 Å². The predicted molar refractivity (Wildman–Crippen MR) is 301 cm³/mol. The summed E-state index contributed by atoms with van der Waals surface area (Å²) in [6.45, 7) is 0. The van der Waals surface area contributed by atoms with E-state index in [4.69, 9.17) is 0 Å². The molecule has 0 atom stereocenters. The van der Waals surface area contributed by atoms with Crippen LogP contribution in [0.1, 0.15) is 0 Å². The SMILES string of the molecule is [Fe+2].[Fe+2].[Fe+2].[Fe+2].[Fe+2].[Fe+2].[Fe+2].c1cc[c-](-[c-]2cccc2)c1.c1cc[c-](-[c-]2cccc2)c1.c1cc[c-](-[c-]2cccc2)c1.c1cc[c-](-[c-]2cccc2)c1.c1cc[c-](-[c-]2cccc2)c1.c1cc[c-](-[c-]2cccc2)c1.c1cc[c-](-[c-]2cccc2)c1. The standard InChI is InChI=1S/7C10H8.7Fe/c7*1-2-6-9(5-1)10-7-3-4-8-10;;;;;;;/h7*1-8H;;;;;;;/q7*-2;7*+2. The van der Waals surface area contributed by atoms with Crippen LogP contribution in [0.3, 0.4) is 0 Å². The van der Waals surface area contributed by atoms with Crippen LogP contribution in [0.2, 0.25) is 0 Å². The molecular weight excluding hydrogens is 1230 g/mol. The van der Waals surface area contributed by atoms with Crippen molar-refractivity contribution >= 4 is 0 Å². The Labute approximate surface area is 531 Å². The minimum Gasteiger partial charge on any atom is -0.198 e. The Kier molecular flexibility index (Phi) is 36.0. The summed E-state index contributed by atoms with van der Waals surface area (Å²) < 4.78 is 0. The van der Waals surface area contributed by atoms with Crippen molar-refractivity contribution in [2.45, 2.75) is 0 Å². The van der Waals surface area contributed by atoms with Crippen LogP contribution in [-0.4, -0.2) is 0 Å². The maximum atomic E-state index is 2.12. The molecule has 0 saturated heterocycles. The van der Waals surface area contributed by atoms with Crippen molar-refractivity contribution in [3.63, 3.8) is 0 Å². The first-order chi connectivity index (χ1) is 34.8. The summed E-state index contributed by atoms with van der Waals surface area (Å²) in [6, 6.07) is 117. The van der Waals surface area contributed by atoms with Crippen molar-refractivity contribution in [3.8, 4) is 77.9 Å². The third-order valence-electron chi connectivity index (χ3n) is 11.6. The van der Waals surface area contributed by atoms with E-state index >= 15 is 0 Å². The molecular formula is C70H56Fe7. The Balaban J connectivity index is 0.000000442. The largest absolute Gasteiger partial charge is 2.00 e. The number of hydrogen-bond acceptors (Lipinski definition) is 0. The van der Waals surface area contributed by atoms with E-state index in [1.807, 2.05) is 0 Å². The first-order valence-corrected chi connectivity index (χ1v) is 23.8. The molecule has 14 aromatic rings. The smallest absolute Gasteiger partial charge is 0.198 e. The van der Waals surface area contributed by atoms with E-state index in [1.54, 1.807) is 0 Å². The molecule has 0 N–H and O–H groups in total. The van der Waals surface area contributed by atoms with Crippen molar-refractivity contribution in [1.29, 1.82) is 0 Å². The molecule has 0 spiro atoms. The zero-order valence-corrected chi connectivity index (χ0v) is 49.5. The van der Waals surface area contributed by atoms with E-state index in [1.165, 1.54) is 77.9 Å². The van der Waals surface area contributed by atoms with Crippen LogP contribution in [-0.2, 0) is 119 Å². The summed E-state index contributed by atoms with van der Waals surface area (Å²) in [4.78, 5) is 0. The number of hydrogen-bond donors (Lipinski definition) is 0. The average Bonchev–Trinajstić information content (AvgIpc) is 4.27. The van der Waals surface area contributed by atoms with Gasteiger partial charge in [0.1, 0.15) is 0 Å². The summed E-state index contributed by atoms with van der Waals surface area (Å²) in [5.74, 6) is 0. The van der Waals surface area contributed by atoms with Crippen LogP contribution in [0.4, 0.5) is 0 Å². The maximum absolute atomic E-state index is 2.12. The third kappa shape index (κ3) is 22.8. The molecule has 0 heterocycles. The Morgan fingerprint density at radius 1 is 0.0779 bits per heavy atom. The Morgan fingerprint density at radius 2 is 0.117 bits per heavy atom. The Morgan fingerprint density at radius 3 is 0.156 bits per heavy atom. The van der Waals surface area contributed by atoms with Gasteiger partial charge in [-0.1, -0.05) is 0 Å². The summed E-state index contributed by atoms with van der Waals surface area (Å²) in [5.41, 5.74) is 18.3. The fourth-order valence-electron chi connectivity index (χ4n) is 7.93. The van der Waals surface area contributed by atoms with Crippen molar-refractivity contribution in [1.82, 2.24) is 0 Å². The van der Waals surface area contributed by atoms with E-state index < -0.39 is 0 Å². The van der Waals surface area contributed by atoms with E-state index in [0.29, 0.717) is 0 Å². The van der Waals surface area contributed by atoms with Crippen molar-refractivity contribution < 1.29 is 119 Å². The molecule has 0 amide bonds. The van der Waals surface area contributed by atoms with E-state index in [0.717, 1.165) is 0 Å². The number of rotatable bonds is 7. The minimum absolute atomic E-state index is 0. The molecule has 0 radical (unpaired) electrons. The summed E-state index contributed by atoms with van der Waals surface area (Å²) in [5, 5.41) is 0. The topological polar surface area (TPSA) is 0 Å². The Hall–Kier alpha value is -5.46. The molecule has 0 aliphatic heterocycles. The van der Waals surface area contributed by atoms with E-state index in [-0.39, 0.29) is 119 Å². The monoisotopic (exact) mass is 1290 g/mol. The predicted octanol–water partition coefficient (Wildman–Crippen LogP) is 19.5. The minimum atomic E-state index is 0. The normalized spacial score (nSPS) is 9.09. The maximum Gasteiger partial charge on any atom is 2.00 e. The molecule has 0 bridgehead atoms. The van der Waals surface area contributed by atoms with Gasteiger partial charge in [-0.2, -0.15) is 418 Å². The van der Waals surface area contributed by atoms with Crippen molar-refractivity contribution in [3.05, 3.63) is 340 Å². The van der Waals surface area contributed by atoms with Gasteiger partial charge in [-0.3, -0.25) is 0 Å². The van der Waals surface area contributed by atoms with Crippen LogP contribution in [0.15, 0.2) is 340 Å². The quantitative estimate of drug-likeness (QED) is 0.110. The molecule has 14 rings (SSSR count). The third-order valence-corrected chi connectivity index (χ3v) is 11.6. The van der Waals surface area contributed by atoms with Gasteiger partial charge < -0.3 is 0 Å². The van der Waals surface area contributed by atoms with Gasteiger partial charge in [-0.25, -0.2) is 0 Å². The van der Waals surface area contributed by atoms with Crippen LogP contribution >= 0.6 is 0 Å². The van der Waals surface area contributed by atoms with Crippen LogP contribution < -0.4 is 0 Å². The van der Waals surface area contributed by atoms with Gasteiger partial charge in [-0.15, -0.1) is 0 Å². The zero-order valence-electron chi connectivity index (χ0n) is 41.8. The molecule has 392 valence electrons. The molecule has 0 unspecified atom stereocenters. The average molecular weight is 1290 g/mol. The van der Waals surface area contributed by atoms with E-state index in [2.05, 4.69) is 340 Å². The second kappa shape index (κ2) is 39.8. The van der Waals surface area contributed by atoms with Gasteiger partial charge in [0, 0.05) is 0 Å². The molecule has 14 aromatic carbocycles. The van der Waals surface area contributed by atoms with Crippen LogP contribution in [0.5, 0.6) is 0 Å². The first kappa shape index (κ1) is 69.6. The molecule has 0 aliphatic carbocycles. The molecule has 7 heteroatoms. The first-order valence-electron chi connectivity index (χ1n) is 23.8. The van der Waals surface area contributed by atoms with Crippen LogP contribution in [0, 0.1) is 0 Å². The fraction of sp³-hybridized carbons (Fsp3) is 0. The second-order valence-electron chi connectivity index (χ2n) is 16.4. The van der Waals surface area contributed by atoms with Gasteiger partial charge in [0.25, 0.3) is 0 Å². The molecule has 0 aliphatic rings. The molecule has 0 fully saturated rings. The van der Waals surface area contributed by atoms with E-state index in [9.17, 15) is 0 Å². The fourth-order valence-corrected chi connectivity index (χ4v) is 7.93. The Bertz CT molecular complexity index is 2340. The van der Waals surface area contributed by atoms with Gasteiger partial charge in [0.05, 0.1) is 0 Å². The van der Waals surface area contributed by atoms with Crippen molar-refractivity contribution in [2.75, 3.05) is 0 Å². The molecule has 0 nitrogen and oxygen atoms in total. The van der Waals surface area contributed by atoms with Gasteiger partial charge in [0.2, 0.25) is 0 Å². The molecule has 0 saturated carbocycles. The molecule has 77 heavy (non-hydrogen) atoms. The summed E-state index contributed by atoms with van der Waals surface area (Å²) in [7, 11) is 0. The van der Waals surface area contributed by atoms with Crippen molar-refractivity contribution in [2.24, 2.45) is 0 Å². The second-order valence-corrected chi connectivity index (χ2v) is 16.4. The van der Waals surface area contributed by atoms with Gasteiger partial charge in [-0.05, 0) is 0 Å². The zero-order chi connectivity index (χ0) is 47.7. The molecule has 0 aromatic heterocycles. The summed E-state index contributed by atoms with van der Waals surface area (Å²) in [6.07, 6.45) is 0. The van der Waals surface area contributed by atoms with Crippen LogP contribution in [0.25, 0.3) is 77.9 Å².